The highest BCUT2D eigenvalue weighted by atomic mass is 19.1. The molecular formula is C20H17FN6O. The fraction of sp³-hybridized carbons (Fsp3) is 0.150. The number of ketones is 1. The van der Waals surface area contributed by atoms with Crippen LogP contribution in [0.25, 0.3) is 17.0 Å². The van der Waals surface area contributed by atoms with E-state index in [4.69, 9.17) is 5.73 Å². The van der Waals surface area contributed by atoms with E-state index in [0.29, 0.717) is 28.3 Å². The number of nitrogen functional groups attached to an aromatic ring is 1. The standard InChI is InChI=1S/C20H17FN6O/c1-12-5-6-16(21)13(7-12)8-15(28)9-14-10-24-17(11-23-14)18-3-2-4-19-25-26-20(22)27(18)19/h2-7,10-11H,8-9H2,1H3,(H2,22,26). The first-order valence-electron chi connectivity index (χ1n) is 8.69. The molecule has 0 spiro atoms. The van der Waals surface area contributed by atoms with Gasteiger partial charge >= 0.3 is 0 Å². The molecule has 0 aliphatic rings. The van der Waals surface area contributed by atoms with Crippen molar-refractivity contribution in [1.29, 1.82) is 0 Å². The van der Waals surface area contributed by atoms with E-state index in [1.807, 2.05) is 19.1 Å². The van der Waals surface area contributed by atoms with Gasteiger partial charge in [0.05, 0.1) is 24.0 Å². The summed E-state index contributed by atoms with van der Waals surface area (Å²) < 4.78 is 15.5. The topological polar surface area (TPSA) is 99.1 Å². The van der Waals surface area contributed by atoms with Crippen molar-refractivity contribution in [3.8, 4) is 11.4 Å². The molecular weight excluding hydrogens is 359 g/mol. The average molecular weight is 376 g/mol. The summed E-state index contributed by atoms with van der Waals surface area (Å²) in [6, 6.07) is 10.2. The second-order valence-electron chi connectivity index (χ2n) is 6.54. The van der Waals surface area contributed by atoms with Gasteiger partial charge in [0, 0.05) is 12.6 Å². The molecule has 0 aliphatic carbocycles. The Bertz CT molecular complexity index is 1170. The first-order chi connectivity index (χ1) is 13.5. The number of anilines is 1. The molecule has 0 saturated carbocycles. The van der Waals surface area contributed by atoms with Crippen molar-refractivity contribution in [2.24, 2.45) is 0 Å². The number of aromatic nitrogens is 5. The number of hydrogen-bond acceptors (Lipinski definition) is 6. The Balaban J connectivity index is 1.52. The van der Waals surface area contributed by atoms with E-state index in [2.05, 4.69) is 20.2 Å². The van der Waals surface area contributed by atoms with Crippen molar-refractivity contribution < 1.29 is 9.18 Å². The van der Waals surface area contributed by atoms with Crippen molar-refractivity contribution in [2.75, 3.05) is 5.73 Å². The number of aryl methyl sites for hydroxylation is 1. The summed E-state index contributed by atoms with van der Waals surface area (Å²) in [7, 11) is 0. The molecule has 28 heavy (non-hydrogen) atoms. The summed E-state index contributed by atoms with van der Waals surface area (Å²) in [5, 5.41) is 7.84. The van der Waals surface area contributed by atoms with Crippen molar-refractivity contribution in [3.63, 3.8) is 0 Å². The molecule has 3 aromatic heterocycles. The van der Waals surface area contributed by atoms with Gasteiger partial charge in [0.15, 0.2) is 5.65 Å². The van der Waals surface area contributed by atoms with E-state index in [9.17, 15) is 9.18 Å². The summed E-state index contributed by atoms with van der Waals surface area (Å²) >= 11 is 0. The molecule has 8 heteroatoms. The Labute approximate surface area is 160 Å². The Morgan fingerprint density at radius 1 is 1.11 bits per heavy atom. The van der Waals surface area contributed by atoms with E-state index in [0.717, 1.165) is 5.56 Å². The molecule has 4 rings (SSSR count). The van der Waals surface area contributed by atoms with Crippen LogP contribution in [-0.2, 0) is 17.6 Å². The maximum atomic E-state index is 13.8. The van der Waals surface area contributed by atoms with Crippen LogP contribution in [0.5, 0.6) is 0 Å². The van der Waals surface area contributed by atoms with Crippen LogP contribution < -0.4 is 5.73 Å². The fourth-order valence-electron chi connectivity index (χ4n) is 3.06. The Morgan fingerprint density at radius 3 is 2.75 bits per heavy atom. The van der Waals surface area contributed by atoms with E-state index < -0.39 is 0 Å². The molecule has 3 heterocycles. The third kappa shape index (κ3) is 3.44. The van der Waals surface area contributed by atoms with Crippen LogP contribution in [0.15, 0.2) is 48.8 Å². The zero-order chi connectivity index (χ0) is 19.7. The number of pyridine rings is 1. The zero-order valence-electron chi connectivity index (χ0n) is 15.1. The zero-order valence-corrected chi connectivity index (χ0v) is 15.1. The Morgan fingerprint density at radius 2 is 1.96 bits per heavy atom. The van der Waals surface area contributed by atoms with Crippen LogP contribution in [0.1, 0.15) is 16.8 Å². The average Bonchev–Trinajstić information content (AvgIpc) is 3.07. The lowest BCUT2D eigenvalue weighted by Crippen LogP contribution is -2.10. The Kier molecular flexibility index (Phi) is 4.52. The van der Waals surface area contributed by atoms with E-state index >= 15 is 0 Å². The van der Waals surface area contributed by atoms with Gasteiger partial charge in [0.1, 0.15) is 17.3 Å². The molecule has 0 radical (unpaired) electrons. The van der Waals surface area contributed by atoms with Gasteiger partial charge < -0.3 is 5.73 Å². The minimum Gasteiger partial charge on any atom is -0.368 e. The maximum absolute atomic E-state index is 13.8. The predicted octanol–water partition coefficient (Wildman–Crippen LogP) is 2.57. The lowest BCUT2D eigenvalue weighted by atomic mass is 10.0. The normalized spacial score (nSPS) is 11.1. The molecule has 7 nitrogen and oxygen atoms in total. The van der Waals surface area contributed by atoms with Gasteiger partial charge in [-0.2, -0.15) is 0 Å². The number of hydrogen-bond donors (Lipinski definition) is 1. The molecule has 140 valence electrons. The van der Waals surface area contributed by atoms with Gasteiger partial charge in [0.2, 0.25) is 5.95 Å². The molecule has 1 aromatic carbocycles. The lowest BCUT2D eigenvalue weighted by molar-refractivity contribution is -0.117. The second-order valence-corrected chi connectivity index (χ2v) is 6.54. The largest absolute Gasteiger partial charge is 0.368 e. The molecule has 0 unspecified atom stereocenters. The van der Waals surface area contributed by atoms with Crippen LogP contribution >= 0.6 is 0 Å². The van der Waals surface area contributed by atoms with Crippen molar-refractivity contribution >= 4 is 17.4 Å². The number of carbonyl (C=O) groups excluding carboxylic acids is 1. The quantitative estimate of drug-likeness (QED) is 0.575. The van der Waals surface area contributed by atoms with Gasteiger partial charge in [-0.25, -0.2) is 4.39 Å². The molecule has 0 atom stereocenters. The fourth-order valence-corrected chi connectivity index (χ4v) is 3.06. The number of Topliss-reactive ketones (excluding diaryl/α,β-unsaturated/α-hetero) is 1. The smallest absolute Gasteiger partial charge is 0.227 e. The van der Waals surface area contributed by atoms with Crippen LogP contribution in [0, 0.1) is 12.7 Å². The van der Waals surface area contributed by atoms with Crippen LogP contribution in [0.4, 0.5) is 10.3 Å². The van der Waals surface area contributed by atoms with E-state index in [1.54, 1.807) is 35.0 Å². The second kappa shape index (κ2) is 7.15. The molecule has 4 aromatic rings. The SMILES string of the molecule is Cc1ccc(F)c(CC(=O)Cc2cnc(-c3cccc4nnc(N)n34)cn2)c1. The lowest BCUT2D eigenvalue weighted by Gasteiger charge is -2.07. The first-order valence-corrected chi connectivity index (χ1v) is 8.69. The number of rotatable bonds is 5. The number of halogens is 1. The summed E-state index contributed by atoms with van der Waals surface area (Å²) in [6.07, 6.45) is 3.22. The van der Waals surface area contributed by atoms with Gasteiger partial charge in [-0.05, 0) is 30.7 Å². The number of fused-ring (bicyclic) bond motifs is 1. The van der Waals surface area contributed by atoms with Crippen LogP contribution in [-0.4, -0.2) is 30.3 Å². The first kappa shape index (κ1) is 17.7. The summed E-state index contributed by atoms with van der Waals surface area (Å²) in [5.74, 6) is -0.247. The van der Waals surface area contributed by atoms with Crippen molar-refractivity contribution in [1.82, 2.24) is 24.6 Å². The van der Waals surface area contributed by atoms with Gasteiger partial charge in [-0.1, -0.05) is 23.8 Å². The number of nitrogens with zero attached hydrogens (tertiary/aromatic N) is 5. The number of benzene rings is 1. The molecule has 0 aliphatic heterocycles. The number of carbonyl (C=O) groups is 1. The van der Waals surface area contributed by atoms with Gasteiger partial charge in [-0.3, -0.25) is 19.2 Å². The minimum absolute atomic E-state index is 0.0213. The molecule has 2 N–H and O–H groups in total. The Hall–Kier alpha value is -3.68. The highest BCUT2D eigenvalue weighted by Gasteiger charge is 2.13. The molecule has 0 amide bonds. The van der Waals surface area contributed by atoms with Crippen LogP contribution in [0.2, 0.25) is 0 Å². The van der Waals surface area contributed by atoms with Crippen molar-refractivity contribution in [2.45, 2.75) is 19.8 Å². The van der Waals surface area contributed by atoms with E-state index in [1.165, 1.54) is 6.07 Å². The summed E-state index contributed by atoms with van der Waals surface area (Å²) in [4.78, 5) is 21.0. The highest BCUT2D eigenvalue weighted by Crippen LogP contribution is 2.20. The van der Waals surface area contributed by atoms with Gasteiger partial charge in [-0.15, -0.1) is 10.2 Å². The highest BCUT2D eigenvalue weighted by molar-refractivity contribution is 5.82. The molecule has 0 fully saturated rings. The minimum atomic E-state index is -0.375. The third-order valence-corrected chi connectivity index (χ3v) is 4.39. The predicted molar refractivity (Wildman–Crippen MR) is 102 cm³/mol. The maximum Gasteiger partial charge on any atom is 0.227 e. The monoisotopic (exact) mass is 376 g/mol. The van der Waals surface area contributed by atoms with Crippen molar-refractivity contribution in [3.05, 3.63) is 71.4 Å². The third-order valence-electron chi connectivity index (χ3n) is 4.39. The molecule has 0 bridgehead atoms. The molecule has 0 saturated heterocycles. The number of nitrogens with two attached hydrogens (primary N) is 1. The summed E-state index contributed by atoms with van der Waals surface area (Å²) in [6.45, 7) is 1.86. The van der Waals surface area contributed by atoms with Gasteiger partial charge in [0.25, 0.3) is 0 Å². The van der Waals surface area contributed by atoms with Crippen LogP contribution in [0.3, 0.4) is 0 Å². The van der Waals surface area contributed by atoms with E-state index in [-0.39, 0.29) is 30.4 Å². The summed E-state index contributed by atoms with van der Waals surface area (Å²) in [5.41, 5.74) is 9.59.